The van der Waals surface area contributed by atoms with Gasteiger partial charge in [-0.1, -0.05) is 18.2 Å². The largest absolute Gasteiger partial charge is 0.416 e. The second-order valence-corrected chi connectivity index (χ2v) is 8.27. The number of carbonyl (C=O) groups is 4. The average Bonchev–Trinajstić information content (AvgIpc) is 3.36. The van der Waals surface area contributed by atoms with Gasteiger partial charge in [0.15, 0.2) is 0 Å². The molecule has 178 valence electrons. The molecule has 2 aliphatic rings. The number of benzene rings is 2. The third-order valence-corrected chi connectivity index (χ3v) is 5.91. The maximum atomic E-state index is 13.3. The summed E-state index contributed by atoms with van der Waals surface area (Å²) in [6.45, 7) is 0.480. The fourth-order valence-corrected chi connectivity index (χ4v) is 4.18. The van der Waals surface area contributed by atoms with Crippen LogP contribution in [0, 0.1) is 0 Å². The Bertz CT molecular complexity index is 1130. The molecule has 2 fully saturated rings. The summed E-state index contributed by atoms with van der Waals surface area (Å²) in [6.07, 6.45) is -3.38. The van der Waals surface area contributed by atoms with Gasteiger partial charge in [0.2, 0.25) is 17.7 Å². The minimum atomic E-state index is -4.56. The van der Waals surface area contributed by atoms with Crippen LogP contribution in [0.3, 0.4) is 0 Å². The molecule has 2 aromatic rings. The predicted molar refractivity (Wildman–Crippen MR) is 116 cm³/mol. The molecule has 0 bridgehead atoms. The second kappa shape index (κ2) is 9.28. The van der Waals surface area contributed by atoms with Gasteiger partial charge in [0.1, 0.15) is 0 Å². The SMILES string of the molecule is O=C(NC(CN1CCCC1=O)c1cccc(C(F)(F)F)c1)c1cccc(N2C(=O)CCC2=O)c1. The molecule has 2 aromatic carbocycles. The van der Waals surface area contributed by atoms with Gasteiger partial charge in [-0.2, -0.15) is 13.2 Å². The highest BCUT2D eigenvalue weighted by Crippen LogP contribution is 2.31. The van der Waals surface area contributed by atoms with Gasteiger partial charge in [0.25, 0.3) is 5.91 Å². The van der Waals surface area contributed by atoms with Crippen LogP contribution in [0.4, 0.5) is 18.9 Å². The summed E-state index contributed by atoms with van der Waals surface area (Å²) in [4.78, 5) is 51.8. The van der Waals surface area contributed by atoms with Crippen LogP contribution >= 0.6 is 0 Å². The van der Waals surface area contributed by atoms with E-state index in [1.807, 2.05) is 0 Å². The summed E-state index contributed by atoms with van der Waals surface area (Å²) in [6, 6.07) is 9.66. The van der Waals surface area contributed by atoms with E-state index in [0.717, 1.165) is 17.0 Å². The lowest BCUT2D eigenvalue weighted by molar-refractivity contribution is -0.137. The van der Waals surface area contributed by atoms with Crippen molar-refractivity contribution in [1.29, 1.82) is 0 Å². The average molecular weight is 473 g/mol. The number of likely N-dealkylation sites (tertiary alicyclic amines) is 1. The van der Waals surface area contributed by atoms with Crippen LogP contribution in [0.5, 0.6) is 0 Å². The summed E-state index contributed by atoms with van der Waals surface area (Å²) < 4.78 is 39.8. The Morgan fingerprint density at radius 3 is 2.29 bits per heavy atom. The summed E-state index contributed by atoms with van der Waals surface area (Å²) in [7, 11) is 0. The summed E-state index contributed by atoms with van der Waals surface area (Å²) >= 11 is 0. The standard InChI is InChI=1S/C24H22F3N3O4/c25-24(26,27)17-6-1-4-15(12-17)19(14-29-11-3-8-20(29)31)28-23(34)16-5-2-7-18(13-16)30-21(32)9-10-22(30)33/h1-2,4-7,12-13,19H,3,8-11,14H2,(H,28,34). The molecule has 7 nitrogen and oxygen atoms in total. The van der Waals surface area contributed by atoms with Gasteiger partial charge in [-0.3, -0.25) is 24.1 Å². The Morgan fingerprint density at radius 2 is 1.65 bits per heavy atom. The summed E-state index contributed by atoms with van der Waals surface area (Å²) in [5, 5.41) is 2.73. The van der Waals surface area contributed by atoms with Crippen LogP contribution < -0.4 is 10.2 Å². The molecular formula is C24H22F3N3O4. The van der Waals surface area contributed by atoms with Crippen LogP contribution in [0.25, 0.3) is 0 Å². The van der Waals surface area contributed by atoms with Gasteiger partial charge in [0, 0.05) is 37.9 Å². The van der Waals surface area contributed by atoms with E-state index in [1.165, 1.54) is 41.3 Å². The van der Waals surface area contributed by atoms with Crippen molar-refractivity contribution in [3.8, 4) is 0 Å². The Hall–Kier alpha value is -3.69. The number of hydrogen-bond acceptors (Lipinski definition) is 4. The van der Waals surface area contributed by atoms with E-state index in [0.29, 0.717) is 19.4 Å². The molecule has 2 aliphatic heterocycles. The number of nitrogens with zero attached hydrogens (tertiary/aromatic N) is 2. The number of amides is 4. The molecule has 4 rings (SSSR count). The van der Waals surface area contributed by atoms with E-state index in [9.17, 15) is 32.3 Å². The zero-order valence-corrected chi connectivity index (χ0v) is 18.1. The number of hydrogen-bond donors (Lipinski definition) is 1. The first-order valence-electron chi connectivity index (χ1n) is 10.8. The minimum absolute atomic E-state index is 0.0225. The molecule has 0 aliphatic carbocycles. The second-order valence-electron chi connectivity index (χ2n) is 8.27. The van der Waals surface area contributed by atoms with Crippen molar-refractivity contribution in [3.63, 3.8) is 0 Å². The monoisotopic (exact) mass is 473 g/mol. The zero-order chi connectivity index (χ0) is 24.5. The molecule has 0 radical (unpaired) electrons. The predicted octanol–water partition coefficient (Wildman–Crippen LogP) is 3.45. The number of nitrogens with one attached hydrogen (secondary N) is 1. The summed E-state index contributed by atoms with van der Waals surface area (Å²) in [5.41, 5.74) is -0.255. The molecule has 2 heterocycles. The fraction of sp³-hybridized carbons (Fsp3) is 0.333. The Balaban J connectivity index is 1.61. The van der Waals surface area contributed by atoms with E-state index >= 15 is 0 Å². The molecule has 1 N–H and O–H groups in total. The maximum Gasteiger partial charge on any atom is 0.416 e. The molecule has 34 heavy (non-hydrogen) atoms. The molecule has 2 saturated heterocycles. The molecule has 0 spiro atoms. The van der Waals surface area contributed by atoms with E-state index in [-0.39, 0.29) is 53.9 Å². The fourth-order valence-electron chi connectivity index (χ4n) is 4.18. The highest BCUT2D eigenvalue weighted by atomic mass is 19.4. The zero-order valence-electron chi connectivity index (χ0n) is 18.1. The quantitative estimate of drug-likeness (QED) is 0.652. The lowest BCUT2D eigenvalue weighted by Crippen LogP contribution is -2.38. The van der Waals surface area contributed by atoms with Crippen LogP contribution in [-0.2, 0) is 20.6 Å². The maximum absolute atomic E-state index is 13.3. The Morgan fingerprint density at radius 1 is 0.941 bits per heavy atom. The van der Waals surface area contributed by atoms with Crippen LogP contribution in [0.2, 0.25) is 0 Å². The van der Waals surface area contributed by atoms with Crippen molar-refractivity contribution in [1.82, 2.24) is 10.2 Å². The van der Waals surface area contributed by atoms with E-state index in [1.54, 1.807) is 0 Å². The topological polar surface area (TPSA) is 86.8 Å². The van der Waals surface area contributed by atoms with Crippen molar-refractivity contribution in [2.24, 2.45) is 0 Å². The smallest absolute Gasteiger partial charge is 0.343 e. The van der Waals surface area contributed by atoms with E-state index in [2.05, 4.69) is 5.32 Å². The van der Waals surface area contributed by atoms with Gasteiger partial charge < -0.3 is 10.2 Å². The molecule has 1 unspecified atom stereocenters. The lowest BCUT2D eigenvalue weighted by Gasteiger charge is -2.26. The third-order valence-electron chi connectivity index (χ3n) is 5.91. The Labute approximate surface area is 193 Å². The van der Waals surface area contributed by atoms with E-state index < -0.39 is 23.7 Å². The van der Waals surface area contributed by atoms with E-state index in [4.69, 9.17) is 0 Å². The lowest BCUT2D eigenvalue weighted by atomic mass is 10.0. The number of anilines is 1. The first-order chi connectivity index (χ1) is 16.1. The Kier molecular flexibility index (Phi) is 6.41. The number of alkyl halides is 3. The first-order valence-corrected chi connectivity index (χ1v) is 10.8. The van der Waals surface area contributed by atoms with Gasteiger partial charge in [-0.25, -0.2) is 0 Å². The normalized spacial score (nSPS) is 17.4. The number of halogens is 3. The number of rotatable bonds is 6. The highest BCUT2D eigenvalue weighted by Gasteiger charge is 2.33. The molecule has 4 amide bonds. The van der Waals surface area contributed by atoms with Gasteiger partial charge >= 0.3 is 6.18 Å². The third kappa shape index (κ3) is 4.95. The molecule has 10 heteroatoms. The van der Waals surface area contributed by atoms with Crippen LogP contribution in [-0.4, -0.2) is 41.6 Å². The van der Waals surface area contributed by atoms with Crippen LogP contribution in [0.15, 0.2) is 48.5 Å². The first kappa shape index (κ1) is 23.5. The van der Waals surface area contributed by atoms with Crippen molar-refractivity contribution in [2.45, 2.75) is 37.9 Å². The summed E-state index contributed by atoms with van der Waals surface area (Å²) in [5.74, 6) is -1.46. The molecule has 0 saturated carbocycles. The molecule has 1 atom stereocenters. The highest BCUT2D eigenvalue weighted by molar-refractivity contribution is 6.20. The van der Waals surface area contributed by atoms with Gasteiger partial charge in [-0.15, -0.1) is 0 Å². The van der Waals surface area contributed by atoms with Crippen molar-refractivity contribution < 1.29 is 32.3 Å². The number of imide groups is 1. The molecule has 0 aromatic heterocycles. The van der Waals surface area contributed by atoms with Crippen molar-refractivity contribution in [2.75, 3.05) is 18.0 Å². The number of carbonyl (C=O) groups excluding carboxylic acids is 4. The molecular weight excluding hydrogens is 451 g/mol. The van der Waals surface area contributed by atoms with Crippen molar-refractivity contribution >= 4 is 29.3 Å². The van der Waals surface area contributed by atoms with Crippen molar-refractivity contribution in [3.05, 3.63) is 65.2 Å². The minimum Gasteiger partial charge on any atom is -0.343 e. The van der Waals surface area contributed by atoms with Gasteiger partial charge in [0.05, 0.1) is 17.3 Å². The van der Waals surface area contributed by atoms with Gasteiger partial charge in [-0.05, 0) is 42.3 Å². The van der Waals surface area contributed by atoms with Crippen LogP contribution in [0.1, 0.15) is 53.2 Å².